The molecule has 0 radical (unpaired) electrons. The van der Waals surface area contributed by atoms with Crippen molar-refractivity contribution in [2.24, 2.45) is 11.8 Å². The molecule has 1 aliphatic rings. The Morgan fingerprint density at radius 3 is 2.33 bits per heavy atom. The van der Waals surface area contributed by atoms with Crippen molar-refractivity contribution in [2.75, 3.05) is 7.11 Å². The minimum atomic E-state index is -1.20. The van der Waals surface area contributed by atoms with Crippen molar-refractivity contribution in [3.05, 3.63) is 23.8 Å². The lowest BCUT2D eigenvalue weighted by molar-refractivity contribution is -0.243. The standard InChI is InChI=1S/C18H22O9/c1-8-9(2)18(26-13-6-5-11(16(21)22)7-12(13)20)27-15(17(23)24-4)14(8)25-10(3)19/h5-9,14-15,18,20H,1-4H3,(H,21,22)/t8-,9-,14+,15+,18-/m1/s1. The molecule has 0 amide bonds. The van der Waals surface area contributed by atoms with Crippen LogP contribution >= 0.6 is 0 Å². The normalized spacial score (nSPS) is 27.5. The Bertz CT molecular complexity index is 730. The molecule has 1 saturated heterocycles. The minimum Gasteiger partial charge on any atom is -0.504 e. The van der Waals surface area contributed by atoms with E-state index in [4.69, 9.17) is 24.1 Å². The van der Waals surface area contributed by atoms with Crippen molar-refractivity contribution >= 4 is 17.9 Å². The van der Waals surface area contributed by atoms with Crippen molar-refractivity contribution < 1.29 is 43.5 Å². The van der Waals surface area contributed by atoms with E-state index >= 15 is 0 Å². The molecule has 5 atom stereocenters. The van der Waals surface area contributed by atoms with E-state index < -0.39 is 36.4 Å². The number of hydrogen-bond acceptors (Lipinski definition) is 8. The molecule has 9 heteroatoms. The molecule has 1 aromatic rings. The summed E-state index contributed by atoms with van der Waals surface area (Å²) in [5.41, 5.74) is -0.104. The first-order chi connectivity index (χ1) is 12.6. The molecular formula is C18H22O9. The monoisotopic (exact) mass is 382 g/mol. The molecular weight excluding hydrogens is 360 g/mol. The summed E-state index contributed by atoms with van der Waals surface area (Å²) in [6, 6.07) is 3.62. The average molecular weight is 382 g/mol. The number of aromatic hydroxyl groups is 1. The van der Waals surface area contributed by atoms with Gasteiger partial charge in [-0.2, -0.15) is 0 Å². The topological polar surface area (TPSA) is 129 Å². The fourth-order valence-corrected chi connectivity index (χ4v) is 2.85. The van der Waals surface area contributed by atoms with Gasteiger partial charge < -0.3 is 29.2 Å². The van der Waals surface area contributed by atoms with Gasteiger partial charge in [0.2, 0.25) is 6.29 Å². The first kappa shape index (κ1) is 20.5. The Balaban J connectivity index is 2.26. The molecule has 0 spiro atoms. The Morgan fingerprint density at radius 1 is 1.15 bits per heavy atom. The van der Waals surface area contributed by atoms with Gasteiger partial charge in [-0.15, -0.1) is 0 Å². The van der Waals surface area contributed by atoms with Crippen LogP contribution < -0.4 is 4.74 Å². The van der Waals surface area contributed by atoms with Crippen LogP contribution in [0.1, 0.15) is 31.1 Å². The maximum Gasteiger partial charge on any atom is 0.339 e. The highest BCUT2D eigenvalue weighted by Crippen LogP contribution is 2.37. The van der Waals surface area contributed by atoms with Crippen LogP contribution in [0.25, 0.3) is 0 Å². The summed E-state index contributed by atoms with van der Waals surface area (Å²) in [6.45, 7) is 4.79. The van der Waals surface area contributed by atoms with Crippen LogP contribution in [-0.4, -0.2) is 53.7 Å². The van der Waals surface area contributed by atoms with Gasteiger partial charge >= 0.3 is 17.9 Å². The zero-order valence-corrected chi connectivity index (χ0v) is 15.4. The average Bonchev–Trinajstić information content (AvgIpc) is 2.61. The number of carboxylic acid groups (broad SMARTS) is 1. The predicted octanol–water partition coefficient (Wildman–Crippen LogP) is 1.57. The molecule has 1 aromatic carbocycles. The molecule has 0 bridgehead atoms. The second-order valence-electron chi connectivity index (χ2n) is 6.35. The van der Waals surface area contributed by atoms with Crippen LogP contribution in [0.15, 0.2) is 18.2 Å². The molecule has 1 fully saturated rings. The van der Waals surface area contributed by atoms with Gasteiger partial charge in [-0.25, -0.2) is 9.59 Å². The number of aromatic carboxylic acids is 1. The quantitative estimate of drug-likeness (QED) is 0.729. The number of rotatable bonds is 5. The van der Waals surface area contributed by atoms with E-state index in [-0.39, 0.29) is 28.9 Å². The number of methoxy groups -OCH3 is 1. The summed E-state index contributed by atoms with van der Waals surface area (Å²) in [6.07, 6.45) is -3.01. The van der Waals surface area contributed by atoms with Crippen molar-refractivity contribution in [1.29, 1.82) is 0 Å². The number of phenols is 1. The molecule has 0 aromatic heterocycles. The molecule has 2 N–H and O–H groups in total. The molecule has 27 heavy (non-hydrogen) atoms. The number of carboxylic acids is 1. The molecule has 1 aliphatic heterocycles. The highest BCUT2D eigenvalue weighted by Gasteiger charge is 2.48. The number of carbonyl (C=O) groups is 3. The Morgan fingerprint density at radius 2 is 1.81 bits per heavy atom. The van der Waals surface area contributed by atoms with E-state index in [0.717, 1.165) is 6.07 Å². The lowest BCUT2D eigenvalue weighted by Crippen LogP contribution is -2.55. The summed E-state index contributed by atoms with van der Waals surface area (Å²) < 4.78 is 21.3. The van der Waals surface area contributed by atoms with Crippen LogP contribution in [0.3, 0.4) is 0 Å². The maximum atomic E-state index is 12.1. The minimum absolute atomic E-state index is 0.00129. The molecule has 0 aliphatic carbocycles. The lowest BCUT2D eigenvalue weighted by atomic mass is 9.84. The molecule has 0 saturated carbocycles. The summed E-state index contributed by atoms with van der Waals surface area (Å²) in [4.78, 5) is 34.4. The smallest absolute Gasteiger partial charge is 0.339 e. The summed E-state index contributed by atoms with van der Waals surface area (Å²) in [5, 5.41) is 19.0. The van der Waals surface area contributed by atoms with Crippen molar-refractivity contribution in [3.8, 4) is 11.5 Å². The predicted molar refractivity (Wildman–Crippen MR) is 90.3 cm³/mol. The fraction of sp³-hybridized carbons (Fsp3) is 0.500. The number of carbonyl (C=O) groups excluding carboxylic acids is 2. The number of benzene rings is 1. The summed E-state index contributed by atoms with van der Waals surface area (Å²) in [7, 11) is 1.19. The first-order valence-corrected chi connectivity index (χ1v) is 8.29. The Hall–Kier alpha value is -2.81. The van der Waals surface area contributed by atoms with Gasteiger partial charge in [-0.05, 0) is 18.2 Å². The molecule has 0 unspecified atom stereocenters. The first-order valence-electron chi connectivity index (χ1n) is 8.29. The van der Waals surface area contributed by atoms with Gasteiger partial charge in [0.15, 0.2) is 17.6 Å². The highest BCUT2D eigenvalue weighted by molar-refractivity contribution is 5.88. The number of phenolic OH excluding ortho intramolecular Hbond substituents is 1. The molecule has 1 heterocycles. The third kappa shape index (κ3) is 4.48. The second kappa shape index (κ2) is 8.26. The zero-order chi connectivity index (χ0) is 20.3. The van der Waals surface area contributed by atoms with E-state index in [9.17, 15) is 19.5 Å². The largest absolute Gasteiger partial charge is 0.504 e. The van der Waals surface area contributed by atoms with Gasteiger partial charge in [0.05, 0.1) is 12.7 Å². The van der Waals surface area contributed by atoms with Gasteiger partial charge in [-0.3, -0.25) is 4.79 Å². The SMILES string of the molecule is COC(=O)[C@H]1O[C@@H](Oc2ccc(C(=O)O)cc2O)[C@H](C)[C@@H](C)[C@@H]1OC(C)=O. The van der Waals surface area contributed by atoms with E-state index in [2.05, 4.69) is 0 Å². The zero-order valence-electron chi connectivity index (χ0n) is 15.4. The van der Waals surface area contributed by atoms with Crippen molar-refractivity contribution in [3.63, 3.8) is 0 Å². The number of hydrogen-bond donors (Lipinski definition) is 2. The van der Waals surface area contributed by atoms with E-state index in [1.807, 2.05) is 0 Å². The van der Waals surface area contributed by atoms with Crippen LogP contribution in [0.2, 0.25) is 0 Å². The number of ether oxygens (including phenoxy) is 4. The number of esters is 2. The third-order valence-corrected chi connectivity index (χ3v) is 4.54. The van der Waals surface area contributed by atoms with Gasteiger partial charge in [0.1, 0.15) is 6.10 Å². The van der Waals surface area contributed by atoms with Crippen LogP contribution in [0.4, 0.5) is 0 Å². The lowest BCUT2D eigenvalue weighted by Gasteiger charge is -2.42. The fourth-order valence-electron chi connectivity index (χ4n) is 2.85. The van der Waals surface area contributed by atoms with E-state index in [1.54, 1.807) is 13.8 Å². The van der Waals surface area contributed by atoms with Gasteiger partial charge in [-0.1, -0.05) is 13.8 Å². The van der Waals surface area contributed by atoms with E-state index in [0.29, 0.717) is 0 Å². The van der Waals surface area contributed by atoms with Gasteiger partial charge in [0.25, 0.3) is 0 Å². The van der Waals surface area contributed by atoms with Crippen molar-refractivity contribution in [2.45, 2.75) is 39.3 Å². The maximum absolute atomic E-state index is 12.1. The van der Waals surface area contributed by atoms with Crippen LogP contribution in [-0.2, 0) is 23.8 Å². The molecule has 9 nitrogen and oxygen atoms in total. The second-order valence-corrected chi connectivity index (χ2v) is 6.35. The van der Waals surface area contributed by atoms with E-state index in [1.165, 1.54) is 26.2 Å². The Kier molecular flexibility index (Phi) is 6.27. The van der Waals surface area contributed by atoms with Crippen molar-refractivity contribution in [1.82, 2.24) is 0 Å². The molecule has 2 rings (SSSR count). The summed E-state index contributed by atoms with van der Waals surface area (Å²) in [5.74, 6) is -3.50. The molecule has 148 valence electrons. The Labute approximate surface area is 155 Å². The highest BCUT2D eigenvalue weighted by atomic mass is 16.7. The van der Waals surface area contributed by atoms with Gasteiger partial charge in [0, 0.05) is 18.8 Å². The summed E-state index contributed by atoms with van der Waals surface area (Å²) >= 11 is 0. The van der Waals surface area contributed by atoms with Crippen LogP contribution in [0.5, 0.6) is 11.5 Å². The van der Waals surface area contributed by atoms with Crippen LogP contribution in [0, 0.1) is 11.8 Å². The third-order valence-electron chi connectivity index (χ3n) is 4.54.